The largest absolute Gasteiger partial charge is 0.493 e. The Labute approximate surface area is 101 Å². The Morgan fingerprint density at radius 1 is 1.41 bits per heavy atom. The molecule has 0 N–H and O–H groups in total. The van der Waals surface area contributed by atoms with Crippen molar-refractivity contribution < 1.29 is 9.53 Å². The van der Waals surface area contributed by atoms with E-state index in [1.54, 1.807) is 6.08 Å². The number of benzene rings is 1. The Morgan fingerprint density at radius 2 is 2.24 bits per heavy atom. The van der Waals surface area contributed by atoms with Crippen LogP contribution in [0.3, 0.4) is 0 Å². The molecule has 2 aliphatic rings. The summed E-state index contributed by atoms with van der Waals surface area (Å²) in [7, 11) is 0. The molecule has 0 atom stereocenters. The zero-order valence-corrected chi connectivity index (χ0v) is 9.95. The lowest BCUT2D eigenvalue weighted by molar-refractivity contribution is 0.255. The minimum absolute atomic E-state index is 0.288. The van der Waals surface area contributed by atoms with E-state index in [2.05, 4.69) is 24.0 Å². The van der Waals surface area contributed by atoms with Crippen molar-refractivity contribution in [1.82, 2.24) is 0 Å². The van der Waals surface area contributed by atoms with Gasteiger partial charge in [0, 0.05) is 6.42 Å². The van der Waals surface area contributed by atoms with E-state index in [1.807, 2.05) is 0 Å². The zero-order chi connectivity index (χ0) is 11.9. The van der Waals surface area contributed by atoms with Crippen LogP contribution in [0.4, 0.5) is 0 Å². The smallest absolute Gasteiger partial charge is 0.235 e. The summed E-state index contributed by atoms with van der Waals surface area (Å²) in [6.45, 7) is 2.83. The van der Waals surface area contributed by atoms with Crippen molar-refractivity contribution in [2.75, 3.05) is 6.61 Å². The lowest BCUT2D eigenvalue weighted by atomic mass is 9.71. The summed E-state index contributed by atoms with van der Waals surface area (Å²) in [6.07, 6.45) is 5.76. The van der Waals surface area contributed by atoms with E-state index in [-0.39, 0.29) is 5.54 Å². The summed E-state index contributed by atoms with van der Waals surface area (Å²) >= 11 is 0. The fourth-order valence-electron chi connectivity index (χ4n) is 2.84. The van der Waals surface area contributed by atoms with Crippen molar-refractivity contribution in [3.8, 4) is 5.75 Å². The van der Waals surface area contributed by atoms with Crippen LogP contribution in [0, 0.1) is 6.92 Å². The van der Waals surface area contributed by atoms with Gasteiger partial charge in [0.05, 0.1) is 12.1 Å². The van der Waals surface area contributed by atoms with Gasteiger partial charge in [0.1, 0.15) is 5.75 Å². The second kappa shape index (κ2) is 3.71. The minimum atomic E-state index is -0.288. The first kappa shape index (κ1) is 10.5. The molecule has 1 aliphatic heterocycles. The first-order valence-corrected chi connectivity index (χ1v) is 6.11. The van der Waals surface area contributed by atoms with Crippen LogP contribution in [0.25, 0.3) is 0 Å². The van der Waals surface area contributed by atoms with Gasteiger partial charge in [0.15, 0.2) is 0 Å². The zero-order valence-electron chi connectivity index (χ0n) is 9.95. The average molecular weight is 229 g/mol. The number of fused-ring (bicyclic) bond motifs is 1. The van der Waals surface area contributed by atoms with E-state index in [4.69, 9.17) is 4.74 Å². The van der Waals surface area contributed by atoms with Crippen LogP contribution in [0.5, 0.6) is 5.75 Å². The van der Waals surface area contributed by atoms with Gasteiger partial charge in [-0.2, -0.15) is 4.99 Å². The Bertz CT molecular complexity index is 511. The number of hydrogen-bond acceptors (Lipinski definition) is 3. The summed E-state index contributed by atoms with van der Waals surface area (Å²) < 4.78 is 5.60. The molecule has 0 saturated heterocycles. The highest BCUT2D eigenvalue weighted by atomic mass is 16.5. The molecule has 1 saturated carbocycles. The van der Waals surface area contributed by atoms with E-state index in [0.29, 0.717) is 0 Å². The van der Waals surface area contributed by atoms with Gasteiger partial charge >= 0.3 is 0 Å². The first-order chi connectivity index (χ1) is 8.25. The molecule has 88 valence electrons. The lowest BCUT2D eigenvalue weighted by Gasteiger charge is -2.37. The summed E-state index contributed by atoms with van der Waals surface area (Å²) in [5.41, 5.74) is 3.29. The molecule has 3 heteroatoms. The van der Waals surface area contributed by atoms with Crippen molar-refractivity contribution in [3.63, 3.8) is 0 Å². The Hall–Kier alpha value is -1.60. The second-order valence-electron chi connectivity index (χ2n) is 4.97. The summed E-state index contributed by atoms with van der Waals surface area (Å²) in [4.78, 5) is 14.6. The van der Waals surface area contributed by atoms with Gasteiger partial charge in [-0.3, -0.25) is 0 Å². The first-order valence-electron chi connectivity index (χ1n) is 6.11. The molecule has 0 amide bonds. The summed E-state index contributed by atoms with van der Waals surface area (Å²) in [5.74, 6) is 1.03. The molecule has 0 unspecified atom stereocenters. The van der Waals surface area contributed by atoms with Crippen molar-refractivity contribution in [1.29, 1.82) is 0 Å². The molecule has 1 heterocycles. The van der Waals surface area contributed by atoms with Crippen molar-refractivity contribution in [2.24, 2.45) is 4.99 Å². The Balaban J connectivity index is 2.09. The summed E-state index contributed by atoms with van der Waals surface area (Å²) in [5, 5.41) is 0. The molecule has 0 bridgehead atoms. The number of isocyanates is 1. The van der Waals surface area contributed by atoms with Gasteiger partial charge in [-0.05, 0) is 55.0 Å². The van der Waals surface area contributed by atoms with Crippen LogP contribution >= 0.6 is 0 Å². The molecule has 0 radical (unpaired) electrons. The molecule has 0 spiro atoms. The number of nitrogens with zero attached hydrogens (tertiary/aromatic N) is 1. The number of ether oxygens (including phenoxy) is 1. The molecule has 1 aliphatic carbocycles. The quantitative estimate of drug-likeness (QED) is 0.577. The normalized spacial score (nSPS) is 19.8. The van der Waals surface area contributed by atoms with E-state index < -0.39 is 0 Å². The van der Waals surface area contributed by atoms with Gasteiger partial charge in [-0.15, -0.1) is 0 Å². The molecular formula is C14H15NO2. The molecule has 3 nitrogen and oxygen atoms in total. The second-order valence-corrected chi connectivity index (χ2v) is 4.97. The fourth-order valence-corrected chi connectivity index (χ4v) is 2.84. The van der Waals surface area contributed by atoms with Gasteiger partial charge in [0.2, 0.25) is 6.08 Å². The van der Waals surface area contributed by atoms with Crippen molar-refractivity contribution >= 4 is 6.08 Å². The standard InChI is InChI=1S/C14H15NO2/c1-10-7-12(8-11-3-6-17-13(10)11)14(15-9-16)4-2-5-14/h7-8H,2-6H2,1H3. The molecular weight excluding hydrogens is 214 g/mol. The number of rotatable bonds is 2. The molecule has 17 heavy (non-hydrogen) atoms. The highest BCUT2D eigenvalue weighted by Gasteiger charge is 2.39. The number of hydrogen-bond donors (Lipinski definition) is 0. The fraction of sp³-hybridized carbons (Fsp3) is 0.500. The van der Waals surface area contributed by atoms with E-state index in [0.717, 1.165) is 49.2 Å². The highest BCUT2D eigenvalue weighted by molar-refractivity contribution is 5.49. The maximum Gasteiger partial charge on any atom is 0.235 e. The monoisotopic (exact) mass is 229 g/mol. The van der Waals surface area contributed by atoms with Gasteiger partial charge in [-0.25, -0.2) is 4.79 Å². The van der Waals surface area contributed by atoms with Crippen molar-refractivity contribution in [3.05, 3.63) is 28.8 Å². The summed E-state index contributed by atoms with van der Waals surface area (Å²) in [6, 6.07) is 4.28. The average Bonchev–Trinajstić information content (AvgIpc) is 2.71. The van der Waals surface area contributed by atoms with Crippen LogP contribution < -0.4 is 4.74 Å². The number of aliphatic imine (C=N–C) groups is 1. The van der Waals surface area contributed by atoms with Gasteiger partial charge < -0.3 is 4.74 Å². The Kier molecular flexibility index (Phi) is 2.30. The minimum Gasteiger partial charge on any atom is -0.493 e. The van der Waals surface area contributed by atoms with Crippen LogP contribution in [0.15, 0.2) is 17.1 Å². The third kappa shape index (κ3) is 1.50. The Morgan fingerprint density at radius 3 is 2.88 bits per heavy atom. The number of aryl methyl sites for hydroxylation is 1. The predicted octanol–water partition coefficient (Wildman–Crippen LogP) is 2.64. The maximum atomic E-state index is 10.6. The third-order valence-corrected chi connectivity index (χ3v) is 3.95. The van der Waals surface area contributed by atoms with Crippen molar-refractivity contribution in [2.45, 2.75) is 38.1 Å². The number of carbonyl (C=O) groups excluding carboxylic acids is 1. The van der Waals surface area contributed by atoms with Crippen LogP contribution in [0.2, 0.25) is 0 Å². The topological polar surface area (TPSA) is 38.7 Å². The molecule has 1 aromatic rings. The molecule has 1 fully saturated rings. The van der Waals surface area contributed by atoms with Crippen LogP contribution in [-0.2, 0) is 16.8 Å². The van der Waals surface area contributed by atoms with Gasteiger partial charge in [0.25, 0.3) is 0 Å². The SMILES string of the molecule is Cc1cc(C2(N=C=O)CCC2)cc2c1OCC2. The molecule has 0 aromatic heterocycles. The van der Waals surface area contributed by atoms with E-state index in [9.17, 15) is 4.79 Å². The van der Waals surface area contributed by atoms with Gasteiger partial charge in [-0.1, -0.05) is 0 Å². The molecule has 1 aromatic carbocycles. The van der Waals surface area contributed by atoms with E-state index >= 15 is 0 Å². The molecule has 3 rings (SSSR count). The highest BCUT2D eigenvalue weighted by Crippen LogP contribution is 2.46. The van der Waals surface area contributed by atoms with Crippen LogP contribution in [0.1, 0.15) is 36.0 Å². The van der Waals surface area contributed by atoms with E-state index in [1.165, 1.54) is 5.56 Å². The lowest BCUT2D eigenvalue weighted by Crippen LogP contribution is -2.32. The maximum absolute atomic E-state index is 10.6. The van der Waals surface area contributed by atoms with Crippen LogP contribution in [-0.4, -0.2) is 12.7 Å². The third-order valence-electron chi connectivity index (χ3n) is 3.95. The predicted molar refractivity (Wildman–Crippen MR) is 64.0 cm³/mol.